The molecule has 1 unspecified atom stereocenters. The first-order valence-corrected chi connectivity index (χ1v) is 8.02. The molecule has 0 N–H and O–H groups in total. The van der Waals surface area contributed by atoms with Crippen molar-refractivity contribution in [3.05, 3.63) is 23.8 Å². The highest BCUT2D eigenvalue weighted by molar-refractivity contribution is 9.09. The van der Waals surface area contributed by atoms with Crippen LogP contribution in [0.2, 0.25) is 0 Å². The Morgan fingerprint density at radius 3 is 2.16 bits per heavy atom. The summed E-state index contributed by atoms with van der Waals surface area (Å²) >= 11 is 3.95. The topological polar surface area (TPSA) is 18.5 Å². The zero-order valence-electron chi connectivity index (χ0n) is 11.6. The number of benzene rings is 1. The number of methoxy groups -OCH3 is 2. The van der Waals surface area contributed by atoms with E-state index in [2.05, 4.69) is 22.0 Å². The van der Waals surface area contributed by atoms with Crippen LogP contribution < -0.4 is 9.47 Å². The molecular formula is C16H21BrO2. The summed E-state index contributed by atoms with van der Waals surface area (Å²) in [6.07, 6.45) is 5.62. The summed E-state index contributed by atoms with van der Waals surface area (Å²) in [6, 6.07) is 6.16. The van der Waals surface area contributed by atoms with E-state index in [1.54, 1.807) is 14.2 Å². The maximum atomic E-state index is 5.55. The molecule has 2 saturated carbocycles. The lowest BCUT2D eigenvalue weighted by atomic mass is 9.89. The number of halogens is 1. The molecule has 1 aromatic carbocycles. The fraction of sp³-hybridized carbons (Fsp3) is 0.625. The summed E-state index contributed by atoms with van der Waals surface area (Å²) in [7, 11) is 3.43. The second-order valence-electron chi connectivity index (χ2n) is 5.76. The Balaban J connectivity index is 1.86. The molecule has 104 valence electrons. The zero-order chi connectivity index (χ0) is 13.4. The van der Waals surface area contributed by atoms with Crippen LogP contribution in [0.25, 0.3) is 0 Å². The maximum absolute atomic E-state index is 5.55. The SMILES string of the molecule is COc1ccc(C(Br)C(C2CC2)C2CC2)c(OC)c1. The standard InChI is InChI=1S/C16H21BrO2/c1-18-12-7-8-13(14(9-12)19-2)16(17)15(10-3-4-10)11-5-6-11/h7-11,15-16H,3-6H2,1-2H3. The fourth-order valence-corrected chi connectivity index (χ4v) is 4.32. The van der Waals surface area contributed by atoms with E-state index < -0.39 is 0 Å². The molecule has 2 aliphatic rings. The molecule has 0 aliphatic heterocycles. The number of rotatable bonds is 6. The van der Waals surface area contributed by atoms with Crippen LogP contribution in [0.3, 0.4) is 0 Å². The fourth-order valence-electron chi connectivity index (χ4n) is 3.08. The lowest BCUT2D eigenvalue weighted by Crippen LogP contribution is -2.13. The summed E-state index contributed by atoms with van der Waals surface area (Å²) in [5.74, 6) is 4.41. The molecule has 2 aliphatic carbocycles. The van der Waals surface area contributed by atoms with Crippen LogP contribution in [0.5, 0.6) is 11.5 Å². The van der Waals surface area contributed by atoms with Crippen molar-refractivity contribution in [1.82, 2.24) is 0 Å². The molecule has 2 nitrogen and oxygen atoms in total. The molecule has 0 amide bonds. The summed E-state index contributed by atoms with van der Waals surface area (Å²) in [4.78, 5) is 0.411. The minimum atomic E-state index is 0.411. The number of hydrogen-bond donors (Lipinski definition) is 0. The van der Waals surface area contributed by atoms with Crippen LogP contribution in [0.1, 0.15) is 36.1 Å². The minimum absolute atomic E-state index is 0.411. The van der Waals surface area contributed by atoms with E-state index in [9.17, 15) is 0 Å². The number of ether oxygens (including phenoxy) is 2. The van der Waals surface area contributed by atoms with E-state index in [1.807, 2.05) is 12.1 Å². The average Bonchev–Trinajstić information content (AvgIpc) is 3.32. The summed E-state index contributed by atoms with van der Waals surface area (Å²) < 4.78 is 10.8. The largest absolute Gasteiger partial charge is 0.497 e. The molecule has 0 bridgehead atoms. The molecule has 19 heavy (non-hydrogen) atoms. The van der Waals surface area contributed by atoms with Gasteiger partial charge in [0.05, 0.1) is 14.2 Å². The third kappa shape index (κ3) is 2.76. The normalized spacial score (nSPS) is 20.4. The van der Waals surface area contributed by atoms with Gasteiger partial charge in [-0.05, 0) is 49.5 Å². The maximum Gasteiger partial charge on any atom is 0.126 e. The van der Waals surface area contributed by atoms with Gasteiger partial charge in [-0.1, -0.05) is 22.0 Å². The van der Waals surface area contributed by atoms with Crippen LogP contribution in [-0.4, -0.2) is 14.2 Å². The smallest absolute Gasteiger partial charge is 0.126 e. The quantitative estimate of drug-likeness (QED) is 0.713. The van der Waals surface area contributed by atoms with E-state index in [0.717, 1.165) is 29.3 Å². The van der Waals surface area contributed by atoms with Gasteiger partial charge in [-0.3, -0.25) is 0 Å². The molecule has 0 heterocycles. The first kappa shape index (κ1) is 13.3. The molecule has 1 aromatic rings. The molecule has 0 radical (unpaired) electrons. The van der Waals surface area contributed by atoms with Crippen molar-refractivity contribution >= 4 is 15.9 Å². The first-order chi connectivity index (χ1) is 9.24. The number of hydrogen-bond acceptors (Lipinski definition) is 2. The zero-order valence-corrected chi connectivity index (χ0v) is 13.2. The second kappa shape index (κ2) is 5.35. The Morgan fingerprint density at radius 2 is 1.68 bits per heavy atom. The van der Waals surface area contributed by atoms with Crippen LogP contribution in [-0.2, 0) is 0 Å². The van der Waals surface area contributed by atoms with Crippen molar-refractivity contribution in [2.75, 3.05) is 14.2 Å². The summed E-state index contributed by atoms with van der Waals surface area (Å²) in [5.41, 5.74) is 1.27. The van der Waals surface area contributed by atoms with Crippen molar-refractivity contribution in [2.24, 2.45) is 17.8 Å². The third-order valence-corrected chi connectivity index (χ3v) is 5.51. The van der Waals surface area contributed by atoms with Crippen molar-refractivity contribution in [2.45, 2.75) is 30.5 Å². The predicted octanol–water partition coefficient (Wildman–Crippen LogP) is 4.58. The molecule has 0 saturated heterocycles. The summed E-state index contributed by atoms with van der Waals surface area (Å²) in [5, 5.41) is 0. The van der Waals surface area contributed by atoms with Crippen LogP contribution in [0.15, 0.2) is 18.2 Å². The van der Waals surface area contributed by atoms with E-state index in [4.69, 9.17) is 9.47 Å². The highest BCUT2D eigenvalue weighted by Crippen LogP contribution is 2.57. The molecule has 2 fully saturated rings. The van der Waals surface area contributed by atoms with Gasteiger partial charge in [-0.15, -0.1) is 0 Å². The van der Waals surface area contributed by atoms with Gasteiger partial charge >= 0.3 is 0 Å². The molecular weight excluding hydrogens is 304 g/mol. The van der Waals surface area contributed by atoms with Crippen LogP contribution in [0, 0.1) is 17.8 Å². The van der Waals surface area contributed by atoms with Gasteiger partial charge in [0.1, 0.15) is 11.5 Å². The lowest BCUT2D eigenvalue weighted by molar-refractivity contribution is 0.370. The van der Waals surface area contributed by atoms with Gasteiger partial charge in [0.25, 0.3) is 0 Å². The molecule has 1 atom stereocenters. The first-order valence-electron chi connectivity index (χ1n) is 7.10. The van der Waals surface area contributed by atoms with Gasteiger partial charge in [-0.25, -0.2) is 0 Å². The highest BCUT2D eigenvalue weighted by atomic mass is 79.9. The average molecular weight is 325 g/mol. The Labute approximate surface area is 123 Å². The number of alkyl halides is 1. The Bertz CT molecular complexity index is 440. The third-order valence-electron chi connectivity index (χ3n) is 4.41. The van der Waals surface area contributed by atoms with Crippen molar-refractivity contribution in [3.8, 4) is 11.5 Å². The van der Waals surface area contributed by atoms with E-state index in [1.165, 1.54) is 31.2 Å². The monoisotopic (exact) mass is 324 g/mol. The van der Waals surface area contributed by atoms with Crippen molar-refractivity contribution in [3.63, 3.8) is 0 Å². The van der Waals surface area contributed by atoms with E-state index in [0.29, 0.717) is 4.83 Å². The van der Waals surface area contributed by atoms with Crippen molar-refractivity contribution in [1.29, 1.82) is 0 Å². The predicted molar refractivity (Wildman–Crippen MR) is 80.2 cm³/mol. The van der Waals surface area contributed by atoms with Gasteiger partial charge < -0.3 is 9.47 Å². The molecule has 3 heteroatoms. The van der Waals surface area contributed by atoms with Crippen molar-refractivity contribution < 1.29 is 9.47 Å². The van der Waals surface area contributed by atoms with Crippen LogP contribution in [0.4, 0.5) is 0 Å². The van der Waals surface area contributed by atoms with E-state index >= 15 is 0 Å². The van der Waals surface area contributed by atoms with E-state index in [-0.39, 0.29) is 0 Å². The Hall–Kier alpha value is -0.700. The summed E-state index contributed by atoms with van der Waals surface area (Å²) in [6.45, 7) is 0. The van der Waals surface area contributed by atoms with Gasteiger partial charge in [0.15, 0.2) is 0 Å². The van der Waals surface area contributed by atoms with Gasteiger partial charge in [-0.2, -0.15) is 0 Å². The lowest BCUT2D eigenvalue weighted by Gasteiger charge is -2.24. The minimum Gasteiger partial charge on any atom is -0.497 e. The molecule has 0 spiro atoms. The second-order valence-corrected chi connectivity index (χ2v) is 6.75. The molecule has 0 aromatic heterocycles. The van der Waals surface area contributed by atoms with Gasteiger partial charge in [0.2, 0.25) is 0 Å². The van der Waals surface area contributed by atoms with Crippen LogP contribution >= 0.6 is 15.9 Å². The van der Waals surface area contributed by atoms with Gasteiger partial charge in [0, 0.05) is 16.5 Å². The molecule has 3 rings (SSSR count). The Morgan fingerprint density at radius 1 is 1.05 bits per heavy atom. The highest BCUT2D eigenvalue weighted by Gasteiger charge is 2.45. The Kier molecular flexibility index (Phi) is 3.75.